The van der Waals surface area contributed by atoms with Crippen LogP contribution in [0.25, 0.3) is 0 Å². The van der Waals surface area contributed by atoms with E-state index in [1.807, 2.05) is 25.6 Å². The Balaban J connectivity index is 1.92. The van der Waals surface area contributed by atoms with Crippen LogP contribution in [0.2, 0.25) is 0 Å². The lowest BCUT2D eigenvalue weighted by Crippen LogP contribution is -2.41. The second-order valence-electron chi connectivity index (χ2n) is 6.45. The maximum atomic E-state index is 12.2. The van der Waals surface area contributed by atoms with Crippen molar-refractivity contribution in [2.45, 2.75) is 52.4 Å². The van der Waals surface area contributed by atoms with Gasteiger partial charge in [-0.05, 0) is 26.7 Å². The van der Waals surface area contributed by atoms with E-state index >= 15 is 0 Å². The Bertz CT molecular complexity index is 502. The summed E-state index contributed by atoms with van der Waals surface area (Å²) in [5.74, 6) is 0.0209. The van der Waals surface area contributed by atoms with E-state index < -0.39 is 0 Å². The van der Waals surface area contributed by atoms with Gasteiger partial charge in [-0.2, -0.15) is 5.10 Å². The molecule has 0 aromatic carbocycles. The summed E-state index contributed by atoms with van der Waals surface area (Å²) in [6.07, 6.45) is 5.93. The summed E-state index contributed by atoms with van der Waals surface area (Å²) < 4.78 is 1.81. The maximum absolute atomic E-state index is 12.2. The van der Waals surface area contributed by atoms with Gasteiger partial charge in [-0.3, -0.25) is 9.48 Å². The van der Waals surface area contributed by atoms with E-state index in [4.69, 9.17) is 0 Å². The van der Waals surface area contributed by atoms with Crippen LogP contribution in [0.5, 0.6) is 0 Å². The molecule has 1 aliphatic rings. The number of amides is 1. The molecule has 5 heteroatoms. The minimum absolute atomic E-state index is 0.0209. The summed E-state index contributed by atoms with van der Waals surface area (Å²) in [5.41, 5.74) is 2.86. The van der Waals surface area contributed by atoms with Crippen molar-refractivity contribution >= 4 is 5.91 Å². The van der Waals surface area contributed by atoms with Crippen molar-refractivity contribution in [1.29, 1.82) is 0 Å². The second kappa shape index (κ2) is 6.60. The number of aliphatic hydroxyl groups is 1. The largest absolute Gasteiger partial charge is 0.396 e. The first kappa shape index (κ1) is 16.0. The summed E-state index contributed by atoms with van der Waals surface area (Å²) in [7, 11) is 1.90. The molecule has 1 amide bonds. The monoisotopic (exact) mass is 293 g/mol. The van der Waals surface area contributed by atoms with Crippen molar-refractivity contribution in [2.24, 2.45) is 12.5 Å². The SMILES string of the molecule is Cc1nn(C)c(C)c1CC(=O)NCC1(CO)CCCCC1. The molecule has 1 saturated carbocycles. The zero-order valence-electron chi connectivity index (χ0n) is 13.4. The van der Waals surface area contributed by atoms with E-state index in [-0.39, 0.29) is 17.9 Å². The van der Waals surface area contributed by atoms with Gasteiger partial charge in [0.1, 0.15) is 0 Å². The van der Waals surface area contributed by atoms with Gasteiger partial charge in [0.15, 0.2) is 0 Å². The minimum Gasteiger partial charge on any atom is -0.396 e. The number of carbonyl (C=O) groups excluding carboxylic acids is 1. The third kappa shape index (κ3) is 3.64. The highest BCUT2D eigenvalue weighted by Crippen LogP contribution is 2.35. The molecule has 0 unspecified atom stereocenters. The van der Waals surface area contributed by atoms with Crippen LogP contribution < -0.4 is 5.32 Å². The van der Waals surface area contributed by atoms with Gasteiger partial charge in [-0.25, -0.2) is 0 Å². The molecule has 1 aromatic heterocycles. The van der Waals surface area contributed by atoms with Crippen LogP contribution >= 0.6 is 0 Å². The van der Waals surface area contributed by atoms with Crippen LogP contribution in [0.3, 0.4) is 0 Å². The third-order valence-corrected chi connectivity index (χ3v) is 4.91. The van der Waals surface area contributed by atoms with Gasteiger partial charge >= 0.3 is 0 Å². The normalized spacial score (nSPS) is 17.7. The molecule has 2 rings (SSSR count). The van der Waals surface area contributed by atoms with Crippen LogP contribution in [-0.4, -0.2) is 33.9 Å². The number of aryl methyl sites for hydroxylation is 2. The molecular formula is C16H27N3O2. The molecule has 0 bridgehead atoms. The topological polar surface area (TPSA) is 67.2 Å². The van der Waals surface area contributed by atoms with Gasteiger partial charge in [0.05, 0.1) is 18.7 Å². The Hall–Kier alpha value is -1.36. The molecular weight excluding hydrogens is 266 g/mol. The Morgan fingerprint density at radius 1 is 1.33 bits per heavy atom. The van der Waals surface area contributed by atoms with Crippen molar-refractivity contribution in [3.63, 3.8) is 0 Å². The van der Waals surface area contributed by atoms with Gasteiger partial charge in [-0.15, -0.1) is 0 Å². The summed E-state index contributed by atoms with van der Waals surface area (Å²) in [6.45, 7) is 4.67. The maximum Gasteiger partial charge on any atom is 0.224 e. The lowest BCUT2D eigenvalue weighted by Gasteiger charge is -2.35. The molecule has 1 aromatic rings. The first-order valence-corrected chi connectivity index (χ1v) is 7.84. The smallest absolute Gasteiger partial charge is 0.224 e. The molecule has 21 heavy (non-hydrogen) atoms. The number of hydrogen-bond acceptors (Lipinski definition) is 3. The molecule has 1 fully saturated rings. The summed E-state index contributed by atoms with van der Waals surface area (Å²) in [5, 5.41) is 17.0. The number of aromatic nitrogens is 2. The number of nitrogens with one attached hydrogen (secondary N) is 1. The average Bonchev–Trinajstić information content (AvgIpc) is 2.73. The number of rotatable bonds is 5. The van der Waals surface area contributed by atoms with Crippen LogP contribution in [0.4, 0.5) is 0 Å². The van der Waals surface area contributed by atoms with Crippen LogP contribution in [0.1, 0.15) is 49.1 Å². The summed E-state index contributed by atoms with van der Waals surface area (Å²) >= 11 is 0. The first-order chi connectivity index (χ1) is 9.97. The van der Waals surface area contributed by atoms with Crippen LogP contribution in [0, 0.1) is 19.3 Å². The van der Waals surface area contributed by atoms with Crippen molar-refractivity contribution in [3.8, 4) is 0 Å². The summed E-state index contributed by atoms with van der Waals surface area (Å²) in [4.78, 5) is 12.2. The van der Waals surface area contributed by atoms with Gasteiger partial charge in [-0.1, -0.05) is 19.3 Å². The van der Waals surface area contributed by atoms with E-state index in [1.165, 1.54) is 6.42 Å². The molecule has 0 saturated heterocycles. The Labute approximate surface area is 126 Å². The zero-order chi connectivity index (χ0) is 15.5. The zero-order valence-corrected chi connectivity index (χ0v) is 13.4. The average molecular weight is 293 g/mol. The van der Waals surface area contributed by atoms with Gasteiger partial charge < -0.3 is 10.4 Å². The van der Waals surface area contributed by atoms with E-state index in [0.29, 0.717) is 13.0 Å². The van der Waals surface area contributed by atoms with Gasteiger partial charge in [0, 0.05) is 30.3 Å². The first-order valence-electron chi connectivity index (χ1n) is 7.84. The second-order valence-corrected chi connectivity index (χ2v) is 6.45. The van der Waals surface area contributed by atoms with Crippen molar-refractivity contribution in [1.82, 2.24) is 15.1 Å². The summed E-state index contributed by atoms with van der Waals surface area (Å²) in [6, 6.07) is 0. The molecule has 0 aliphatic heterocycles. The molecule has 2 N–H and O–H groups in total. The van der Waals surface area contributed by atoms with Crippen molar-refractivity contribution in [3.05, 3.63) is 17.0 Å². The predicted octanol–water partition coefficient (Wildman–Crippen LogP) is 1.64. The van der Waals surface area contributed by atoms with Crippen molar-refractivity contribution < 1.29 is 9.90 Å². The lowest BCUT2D eigenvalue weighted by atomic mass is 9.74. The van der Waals surface area contributed by atoms with E-state index in [9.17, 15) is 9.90 Å². The molecule has 0 radical (unpaired) electrons. The highest BCUT2D eigenvalue weighted by Gasteiger charge is 2.31. The molecule has 0 atom stereocenters. The number of nitrogens with zero attached hydrogens (tertiary/aromatic N) is 2. The van der Waals surface area contributed by atoms with Crippen LogP contribution in [-0.2, 0) is 18.3 Å². The number of aliphatic hydroxyl groups excluding tert-OH is 1. The predicted molar refractivity (Wildman–Crippen MR) is 82.0 cm³/mol. The molecule has 1 aliphatic carbocycles. The number of hydrogen-bond donors (Lipinski definition) is 2. The van der Waals surface area contributed by atoms with Crippen molar-refractivity contribution in [2.75, 3.05) is 13.2 Å². The fourth-order valence-corrected chi connectivity index (χ4v) is 3.28. The van der Waals surface area contributed by atoms with E-state index in [2.05, 4.69) is 10.4 Å². The molecule has 5 nitrogen and oxygen atoms in total. The molecule has 1 heterocycles. The van der Waals surface area contributed by atoms with Gasteiger partial charge in [0.25, 0.3) is 0 Å². The Morgan fingerprint density at radius 3 is 2.52 bits per heavy atom. The molecule has 118 valence electrons. The van der Waals surface area contributed by atoms with Crippen LogP contribution in [0.15, 0.2) is 0 Å². The quantitative estimate of drug-likeness (QED) is 0.867. The lowest BCUT2D eigenvalue weighted by molar-refractivity contribution is -0.121. The fourth-order valence-electron chi connectivity index (χ4n) is 3.28. The third-order valence-electron chi connectivity index (χ3n) is 4.91. The van der Waals surface area contributed by atoms with E-state index in [0.717, 1.165) is 42.6 Å². The Morgan fingerprint density at radius 2 is 2.00 bits per heavy atom. The Kier molecular flexibility index (Phi) is 5.04. The fraction of sp³-hybridized carbons (Fsp3) is 0.750. The minimum atomic E-state index is -0.104. The highest BCUT2D eigenvalue weighted by atomic mass is 16.3. The van der Waals surface area contributed by atoms with Gasteiger partial charge in [0.2, 0.25) is 5.91 Å². The number of carbonyl (C=O) groups is 1. The molecule has 0 spiro atoms. The van der Waals surface area contributed by atoms with E-state index in [1.54, 1.807) is 0 Å². The highest BCUT2D eigenvalue weighted by molar-refractivity contribution is 5.79. The standard InChI is InChI=1S/C16H27N3O2/c1-12-14(13(2)19(3)18-12)9-15(21)17-10-16(11-20)7-5-4-6-8-16/h20H,4-11H2,1-3H3,(H,17,21).